The van der Waals surface area contributed by atoms with E-state index in [1.807, 2.05) is 0 Å². The summed E-state index contributed by atoms with van der Waals surface area (Å²) in [6.07, 6.45) is 2.48. The second kappa shape index (κ2) is 5.92. The van der Waals surface area contributed by atoms with Crippen molar-refractivity contribution in [1.82, 2.24) is 10.3 Å². The summed E-state index contributed by atoms with van der Waals surface area (Å²) in [7, 11) is 0. The number of ether oxygens (including phenoxy) is 1. The highest BCUT2D eigenvalue weighted by Gasteiger charge is 2.21. The van der Waals surface area contributed by atoms with E-state index < -0.39 is 5.97 Å². The molecule has 1 heterocycles. The zero-order valence-electron chi connectivity index (χ0n) is 9.72. The van der Waals surface area contributed by atoms with E-state index in [4.69, 9.17) is 9.84 Å². The molecule has 0 saturated heterocycles. The monoisotopic (exact) mass is 270 g/mol. The highest BCUT2D eigenvalue weighted by molar-refractivity contribution is 7.11. The van der Waals surface area contributed by atoms with Crippen LogP contribution in [0, 0.1) is 5.92 Å². The van der Waals surface area contributed by atoms with Crippen LogP contribution in [0.3, 0.4) is 0 Å². The Morgan fingerprint density at radius 3 is 2.94 bits per heavy atom. The Morgan fingerprint density at radius 1 is 1.56 bits per heavy atom. The minimum absolute atomic E-state index is 0.102. The molecule has 1 aromatic rings. The predicted molar refractivity (Wildman–Crippen MR) is 64.9 cm³/mol. The number of carboxylic acid groups (broad SMARTS) is 1. The first-order valence-electron chi connectivity index (χ1n) is 5.71. The molecule has 1 aliphatic carbocycles. The predicted octanol–water partition coefficient (Wildman–Crippen LogP) is 0.998. The lowest BCUT2D eigenvalue weighted by Crippen LogP contribution is -2.27. The number of aromatic carboxylic acids is 1. The summed E-state index contributed by atoms with van der Waals surface area (Å²) in [5.74, 6) is -0.779. The molecule has 1 aliphatic rings. The number of amides is 1. The molecule has 7 heteroatoms. The van der Waals surface area contributed by atoms with Gasteiger partial charge >= 0.3 is 5.97 Å². The van der Waals surface area contributed by atoms with E-state index in [1.165, 1.54) is 18.2 Å². The Bertz CT molecular complexity index is 442. The number of carboxylic acids is 1. The van der Waals surface area contributed by atoms with Crippen molar-refractivity contribution in [2.24, 2.45) is 5.92 Å². The topological polar surface area (TPSA) is 88.5 Å². The number of carbonyl (C=O) groups excluding carboxylic acids is 1. The molecule has 1 aromatic heterocycles. The third-order valence-corrected chi connectivity index (χ3v) is 3.34. The number of aromatic nitrogens is 1. The fourth-order valence-corrected chi connectivity index (χ4v) is 2.03. The standard InChI is InChI=1S/C11H14N2O4S/c14-9(10-13-8(6-18-10)11(15)16)12-3-4-17-5-7-1-2-7/h6-7H,1-5H2,(H,12,14)(H,15,16). The van der Waals surface area contributed by atoms with Gasteiger partial charge in [0, 0.05) is 18.5 Å². The minimum Gasteiger partial charge on any atom is -0.476 e. The largest absolute Gasteiger partial charge is 0.476 e. The number of hydrogen-bond acceptors (Lipinski definition) is 5. The van der Waals surface area contributed by atoms with Crippen LogP contribution in [0.2, 0.25) is 0 Å². The van der Waals surface area contributed by atoms with Gasteiger partial charge < -0.3 is 15.2 Å². The van der Waals surface area contributed by atoms with E-state index in [0.717, 1.165) is 17.9 Å². The van der Waals surface area contributed by atoms with Crippen LogP contribution < -0.4 is 5.32 Å². The van der Waals surface area contributed by atoms with Crippen molar-refractivity contribution in [2.75, 3.05) is 19.8 Å². The minimum atomic E-state index is -1.13. The van der Waals surface area contributed by atoms with Crippen LogP contribution in [0.15, 0.2) is 5.38 Å². The molecule has 18 heavy (non-hydrogen) atoms. The lowest BCUT2D eigenvalue weighted by Gasteiger charge is -2.04. The molecule has 0 unspecified atom stereocenters. The van der Waals surface area contributed by atoms with Gasteiger partial charge in [-0.2, -0.15) is 0 Å². The molecular weight excluding hydrogens is 256 g/mol. The Hall–Kier alpha value is -1.47. The Morgan fingerprint density at radius 2 is 2.33 bits per heavy atom. The molecule has 98 valence electrons. The summed E-state index contributed by atoms with van der Waals surface area (Å²) in [4.78, 5) is 25.9. The first kappa shape index (κ1) is 13.0. The Balaban J connectivity index is 1.67. The van der Waals surface area contributed by atoms with E-state index in [0.29, 0.717) is 19.1 Å². The SMILES string of the molecule is O=C(O)c1csc(C(=O)NCCOCC2CC2)n1. The quantitative estimate of drug-likeness (QED) is 0.721. The van der Waals surface area contributed by atoms with Gasteiger partial charge in [-0.15, -0.1) is 11.3 Å². The van der Waals surface area contributed by atoms with E-state index in [1.54, 1.807) is 0 Å². The summed E-state index contributed by atoms with van der Waals surface area (Å²) in [6, 6.07) is 0. The van der Waals surface area contributed by atoms with Gasteiger partial charge in [0.2, 0.25) is 0 Å². The average Bonchev–Trinajstić information content (AvgIpc) is 3.02. The van der Waals surface area contributed by atoms with Crippen molar-refractivity contribution < 1.29 is 19.4 Å². The number of carbonyl (C=O) groups is 2. The molecule has 0 atom stereocenters. The van der Waals surface area contributed by atoms with E-state index in [2.05, 4.69) is 10.3 Å². The fraction of sp³-hybridized carbons (Fsp3) is 0.545. The molecule has 2 N–H and O–H groups in total. The maximum atomic E-state index is 11.6. The summed E-state index contributed by atoms with van der Waals surface area (Å²) < 4.78 is 5.36. The molecule has 1 amide bonds. The van der Waals surface area contributed by atoms with Crippen LogP contribution in [0.5, 0.6) is 0 Å². The number of rotatable bonds is 7. The molecule has 1 fully saturated rings. The highest BCUT2D eigenvalue weighted by Crippen LogP contribution is 2.28. The molecule has 0 bridgehead atoms. The molecule has 1 saturated carbocycles. The van der Waals surface area contributed by atoms with Crippen molar-refractivity contribution in [3.8, 4) is 0 Å². The molecule has 6 nitrogen and oxygen atoms in total. The molecule has 0 spiro atoms. The number of hydrogen-bond donors (Lipinski definition) is 2. The van der Waals surface area contributed by atoms with Gasteiger partial charge in [0.1, 0.15) is 0 Å². The van der Waals surface area contributed by atoms with Crippen LogP contribution in [0.4, 0.5) is 0 Å². The zero-order chi connectivity index (χ0) is 13.0. The second-order valence-corrected chi connectivity index (χ2v) is 4.98. The van der Waals surface area contributed by atoms with Crippen LogP contribution in [0.25, 0.3) is 0 Å². The van der Waals surface area contributed by atoms with Gasteiger partial charge in [0.15, 0.2) is 10.7 Å². The van der Waals surface area contributed by atoms with Crippen LogP contribution in [-0.4, -0.2) is 41.7 Å². The lowest BCUT2D eigenvalue weighted by molar-refractivity contribution is 0.0691. The van der Waals surface area contributed by atoms with Gasteiger partial charge in [0.25, 0.3) is 5.91 Å². The summed E-state index contributed by atoms with van der Waals surface area (Å²) in [6.45, 7) is 1.64. The number of thiazole rings is 1. The second-order valence-electron chi connectivity index (χ2n) is 4.12. The maximum absolute atomic E-state index is 11.6. The maximum Gasteiger partial charge on any atom is 0.355 e. The number of nitrogens with one attached hydrogen (secondary N) is 1. The smallest absolute Gasteiger partial charge is 0.355 e. The van der Waals surface area contributed by atoms with Gasteiger partial charge in [-0.05, 0) is 18.8 Å². The van der Waals surface area contributed by atoms with E-state index in [-0.39, 0.29) is 16.6 Å². The molecule has 0 aromatic carbocycles. The third kappa shape index (κ3) is 3.78. The molecule has 2 rings (SSSR count). The van der Waals surface area contributed by atoms with Crippen LogP contribution >= 0.6 is 11.3 Å². The van der Waals surface area contributed by atoms with Crippen molar-refractivity contribution in [1.29, 1.82) is 0 Å². The summed E-state index contributed by atoms with van der Waals surface area (Å²) in [5.41, 5.74) is -0.102. The molecule has 0 radical (unpaired) electrons. The normalized spacial score (nSPS) is 14.4. The van der Waals surface area contributed by atoms with Gasteiger partial charge in [-0.25, -0.2) is 9.78 Å². The zero-order valence-corrected chi connectivity index (χ0v) is 10.5. The van der Waals surface area contributed by atoms with Crippen molar-refractivity contribution in [3.05, 3.63) is 16.1 Å². The molecule has 0 aliphatic heterocycles. The van der Waals surface area contributed by atoms with Crippen molar-refractivity contribution >= 4 is 23.2 Å². The van der Waals surface area contributed by atoms with Crippen LogP contribution in [0.1, 0.15) is 33.1 Å². The number of nitrogens with zero attached hydrogens (tertiary/aromatic N) is 1. The highest BCUT2D eigenvalue weighted by atomic mass is 32.1. The van der Waals surface area contributed by atoms with E-state index >= 15 is 0 Å². The Kier molecular flexibility index (Phi) is 4.27. The van der Waals surface area contributed by atoms with Gasteiger partial charge in [-0.1, -0.05) is 0 Å². The van der Waals surface area contributed by atoms with Gasteiger partial charge in [-0.3, -0.25) is 4.79 Å². The first-order chi connectivity index (χ1) is 8.66. The van der Waals surface area contributed by atoms with Crippen molar-refractivity contribution in [3.63, 3.8) is 0 Å². The Labute approximate surface area is 108 Å². The molecular formula is C11H14N2O4S. The summed E-state index contributed by atoms with van der Waals surface area (Å²) in [5, 5.41) is 12.8. The van der Waals surface area contributed by atoms with Gasteiger partial charge in [0.05, 0.1) is 6.61 Å². The van der Waals surface area contributed by atoms with Crippen molar-refractivity contribution in [2.45, 2.75) is 12.8 Å². The summed E-state index contributed by atoms with van der Waals surface area (Å²) >= 11 is 1.02. The average molecular weight is 270 g/mol. The van der Waals surface area contributed by atoms with Crippen LogP contribution in [-0.2, 0) is 4.74 Å². The third-order valence-electron chi connectivity index (χ3n) is 2.50. The van der Waals surface area contributed by atoms with E-state index in [9.17, 15) is 9.59 Å². The first-order valence-corrected chi connectivity index (χ1v) is 6.59. The lowest BCUT2D eigenvalue weighted by atomic mass is 10.5. The fourth-order valence-electron chi connectivity index (χ4n) is 1.32.